The van der Waals surface area contributed by atoms with Gasteiger partial charge in [-0.05, 0) is 31.9 Å². The van der Waals surface area contributed by atoms with E-state index in [0.717, 1.165) is 11.1 Å². The summed E-state index contributed by atoms with van der Waals surface area (Å²) in [6.45, 7) is 5.14. The summed E-state index contributed by atoms with van der Waals surface area (Å²) < 4.78 is 22.9. The molecule has 0 bridgehead atoms. The molecule has 2 rings (SSSR count). The number of amides is 2. The van der Waals surface area contributed by atoms with Crippen molar-refractivity contribution in [1.29, 1.82) is 0 Å². The Morgan fingerprint density at radius 3 is 2.52 bits per heavy atom. The van der Waals surface area contributed by atoms with E-state index in [1.165, 1.54) is 11.8 Å². The molecule has 1 N–H and O–H groups in total. The van der Waals surface area contributed by atoms with Crippen LogP contribution in [0, 0.1) is 13.8 Å². The van der Waals surface area contributed by atoms with Crippen molar-refractivity contribution in [2.24, 2.45) is 0 Å². The zero-order valence-corrected chi connectivity index (χ0v) is 14.4. The van der Waals surface area contributed by atoms with E-state index in [4.69, 9.17) is 0 Å². The van der Waals surface area contributed by atoms with Crippen LogP contribution in [0.25, 0.3) is 0 Å². The van der Waals surface area contributed by atoms with Crippen molar-refractivity contribution >= 4 is 27.3 Å². The lowest BCUT2D eigenvalue weighted by atomic mass is 10.1. The molecule has 23 heavy (non-hydrogen) atoms. The second-order valence-corrected chi connectivity index (χ2v) is 8.29. The van der Waals surface area contributed by atoms with Gasteiger partial charge in [0.2, 0.25) is 11.8 Å². The van der Waals surface area contributed by atoms with E-state index in [-0.39, 0.29) is 35.9 Å². The maximum Gasteiger partial charge on any atom is 0.240 e. The number of sulfone groups is 1. The molecule has 1 aromatic carbocycles. The van der Waals surface area contributed by atoms with E-state index in [9.17, 15) is 18.0 Å². The molecule has 1 unspecified atom stereocenters. The molecule has 0 saturated carbocycles. The minimum Gasteiger partial charge on any atom is -0.351 e. The highest BCUT2D eigenvalue weighted by Gasteiger charge is 2.29. The number of nitrogens with one attached hydrogen (secondary N) is 1. The van der Waals surface area contributed by atoms with Crippen LogP contribution in [-0.2, 0) is 19.4 Å². The fourth-order valence-electron chi connectivity index (χ4n) is 2.80. The lowest BCUT2D eigenvalue weighted by Crippen LogP contribution is -2.44. The second kappa shape index (κ2) is 6.70. The van der Waals surface area contributed by atoms with Crippen LogP contribution in [0.4, 0.5) is 5.69 Å². The molecule has 7 heteroatoms. The maximum atomic E-state index is 12.2. The Labute approximate surface area is 136 Å². The van der Waals surface area contributed by atoms with E-state index in [1.807, 2.05) is 32.0 Å². The monoisotopic (exact) mass is 338 g/mol. The summed E-state index contributed by atoms with van der Waals surface area (Å²) in [4.78, 5) is 25.5. The van der Waals surface area contributed by atoms with Gasteiger partial charge < -0.3 is 10.2 Å². The van der Waals surface area contributed by atoms with Crippen molar-refractivity contribution < 1.29 is 18.0 Å². The van der Waals surface area contributed by atoms with Crippen molar-refractivity contribution in [2.45, 2.75) is 33.2 Å². The molecular formula is C16H22N2O4S. The van der Waals surface area contributed by atoms with E-state index in [1.54, 1.807) is 0 Å². The molecule has 1 heterocycles. The van der Waals surface area contributed by atoms with Crippen molar-refractivity contribution in [3.8, 4) is 0 Å². The Kier molecular flexibility index (Phi) is 5.09. The minimum atomic E-state index is -3.04. The predicted molar refractivity (Wildman–Crippen MR) is 89.1 cm³/mol. The summed E-state index contributed by atoms with van der Waals surface area (Å²) in [6.07, 6.45) is 0.428. The number of aryl methyl sites for hydroxylation is 2. The first-order valence-electron chi connectivity index (χ1n) is 7.53. The first kappa shape index (κ1) is 17.5. The Bertz CT molecular complexity index is 728. The fraction of sp³-hybridized carbons (Fsp3) is 0.500. The third kappa shape index (κ3) is 4.54. The average molecular weight is 338 g/mol. The van der Waals surface area contributed by atoms with Crippen LogP contribution in [0.1, 0.15) is 24.5 Å². The molecule has 1 aliphatic heterocycles. The smallest absolute Gasteiger partial charge is 0.240 e. The summed E-state index contributed by atoms with van der Waals surface area (Å²) in [6, 6.07) is 5.30. The van der Waals surface area contributed by atoms with Gasteiger partial charge in [0.05, 0.1) is 11.5 Å². The van der Waals surface area contributed by atoms with Crippen molar-refractivity contribution in [3.05, 3.63) is 29.3 Å². The zero-order chi connectivity index (χ0) is 17.2. The van der Waals surface area contributed by atoms with Crippen LogP contribution in [0.3, 0.4) is 0 Å². The molecule has 0 spiro atoms. The Morgan fingerprint density at radius 2 is 2.00 bits per heavy atom. The number of benzene rings is 1. The Morgan fingerprint density at radius 1 is 1.30 bits per heavy atom. The van der Waals surface area contributed by atoms with E-state index in [2.05, 4.69) is 5.32 Å². The molecule has 0 aromatic heterocycles. The highest BCUT2D eigenvalue weighted by molar-refractivity contribution is 7.91. The number of nitrogens with zero attached hydrogens (tertiary/aromatic N) is 1. The first-order chi connectivity index (χ1) is 10.7. The number of anilines is 1. The van der Waals surface area contributed by atoms with E-state index < -0.39 is 9.84 Å². The number of hydrogen-bond acceptors (Lipinski definition) is 4. The molecule has 1 fully saturated rings. The van der Waals surface area contributed by atoms with Crippen LogP contribution in [0.15, 0.2) is 18.2 Å². The zero-order valence-electron chi connectivity index (χ0n) is 13.6. The number of rotatable bonds is 4. The van der Waals surface area contributed by atoms with Gasteiger partial charge in [-0.25, -0.2) is 8.42 Å². The molecule has 1 saturated heterocycles. The van der Waals surface area contributed by atoms with Crippen LogP contribution in [0.5, 0.6) is 0 Å². The van der Waals surface area contributed by atoms with Gasteiger partial charge >= 0.3 is 0 Å². The van der Waals surface area contributed by atoms with Crippen LogP contribution < -0.4 is 10.2 Å². The van der Waals surface area contributed by atoms with Crippen LogP contribution >= 0.6 is 0 Å². The summed E-state index contributed by atoms with van der Waals surface area (Å²) in [5.41, 5.74) is 2.68. The molecule has 126 valence electrons. The van der Waals surface area contributed by atoms with Gasteiger partial charge in [0.15, 0.2) is 9.84 Å². The highest BCUT2D eigenvalue weighted by Crippen LogP contribution is 2.21. The maximum absolute atomic E-state index is 12.2. The Hall–Kier alpha value is -1.89. The standard InChI is InChI=1S/C16H22N2O4S/c1-11-4-5-15(12(2)8-11)18(13(3)19)9-16(20)17-14-6-7-23(21,22)10-14/h4-5,8,14H,6-7,9-10H2,1-3H3,(H,17,20). The van der Waals surface area contributed by atoms with Gasteiger partial charge in [-0.15, -0.1) is 0 Å². The molecule has 0 aliphatic carbocycles. The third-order valence-corrected chi connectivity index (χ3v) is 5.69. The van der Waals surface area contributed by atoms with Crippen LogP contribution in [-0.4, -0.2) is 44.3 Å². The average Bonchev–Trinajstić information content (AvgIpc) is 2.75. The Balaban J connectivity index is 2.08. The highest BCUT2D eigenvalue weighted by atomic mass is 32.2. The van der Waals surface area contributed by atoms with Gasteiger partial charge in [0, 0.05) is 18.7 Å². The summed E-state index contributed by atoms with van der Waals surface area (Å²) >= 11 is 0. The van der Waals surface area contributed by atoms with Gasteiger partial charge in [0.25, 0.3) is 0 Å². The summed E-state index contributed by atoms with van der Waals surface area (Å²) in [5.74, 6) is -0.498. The number of carbonyl (C=O) groups is 2. The van der Waals surface area contributed by atoms with Crippen molar-refractivity contribution in [2.75, 3.05) is 23.0 Å². The van der Waals surface area contributed by atoms with Gasteiger partial charge in [-0.2, -0.15) is 0 Å². The van der Waals surface area contributed by atoms with Crippen molar-refractivity contribution in [3.63, 3.8) is 0 Å². The van der Waals surface area contributed by atoms with Gasteiger partial charge in [-0.1, -0.05) is 17.7 Å². The molecule has 2 amide bonds. The van der Waals surface area contributed by atoms with Gasteiger partial charge in [-0.3, -0.25) is 9.59 Å². The van der Waals surface area contributed by atoms with Crippen molar-refractivity contribution in [1.82, 2.24) is 5.32 Å². The fourth-order valence-corrected chi connectivity index (χ4v) is 4.47. The van der Waals surface area contributed by atoms with Gasteiger partial charge in [0.1, 0.15) is 6.54 Å². The summed E-state index contributed by atoms with van der Waals surface area (Å²) in [7, 11) is -3.04. The number of hydrogen-bond donors (Lipinski definition) is 1. The second-order valence-electron chi connectivity index (χ2n) is 6.06. The molecule has 6 nitrogen and oxygen atoms in total. The lowest BCUT2D eigenvalue weighted by molar-refractivity contribution is -0.123. The SMILES string of the molecule is CC(=O)N(CC(=O)NC1CCS(=O)(=O)C1)c1ccc(C)cc1C. The van der Waals surface area contributed by atoms with Crippen LogP contribution in [0.2, 0.25) is 0 Å². The molecule has 1 aromatic rings. The number of carbonyl (C=O) groups excluding carboxylic acids is 2. The molecule has 0 radical (unpaired) electrons. The predicted octanol–water partition coefficient (Wildman–Crippen LogP) is 0.960. The lowest BCUT2D eigenvalue weighted by Gasteiger charge is -2.23. The minimum absolute atomic E-state index is 0.0254. The van der Waals surface area contributed by atoms with E-state index >= 15 is 0 Å². The topological polar surface area (TPSA) is 83.6 Å². The molecular weight excluding hydrogens is 316 g/mol. The molecule has 1 aliphatic rings. The first-order valence-corrected chi connectivity index (χ1v) is 9.35. The quantitative estimate of drug-likeness (QED) is 0.886. The van der Waals surface area contributed by atoms with E-state index in [0.29, 0.717) is 12.1 Å². The third-order valence-electron chi connectivity index (χ3n) is 3.92. The normalized spacial score (nSPS) is 19.3. The molecule has 1 atom stereocenters. The largest absolute Gasteiger partial charge is 0.351 e. The summed E-state index contributed by atoms with van der Waals surface area (Å²) in [5, 5.41) is 2.71.